The highest BCUT2D eigenvalue weighted by Crippen LogP contribution is 2.30. The van der Waals surface area contributed by atoms with Crippen LogP contribution in [-0.2, 0) is 4.79 Å². The van der Waals surface area contributed by atoms with Crippen molar-refractivity contribution in [1.82, 2.24) is 5.32 Å². The lowest BCUT2D eigenvalue weighted by atomic mass is 10.1. The Morgan fingerprint density at radius 2 is 1.72 bits per heavy atom. The highest BCUT2D eigenvalue weighted by Gasteiger charge is 2.29. The van der Waals surface area contributed by atoms with Gasteiger partial charge >= 0.3 is 6.03 Å². The Kier molecular flexibility index (Phi) is 5.24. The third-order valence-electron chi connectivity index (χ3n) is 4.03. The first-order valence-electron chi connectivity index (χ1n) is 8.25. The summed E-state index contributed by atoms with van der Waals surface area (Å²) >= 11 is 5.98. The van der Waals surface area contributed by atoms with Gasteiger partial charge < -0.3 is 16.0 Å². The largest absolute Gasteiger partial charge is 0.331 e. The smallest absolute Gasteiger partial charge is 0.319 e. The molecule has 0 saturated heterocycles. The molecule has 25 heavy (non-hydrogen) atoms. The van der Waals surface area contributed by atoms with E-state index in [9.17, 15) is 9.59 Å². The molecule has 3 N–H and O–H groups in total. The van der Waals surface area contributed by atoms with Crippen molar-refractivity contribution in [3.63, 3.8) is 0 Å². The van der Waals surface area contributed by atoms with Gasteiger partial charge in [-0.3, -0.25) is 4.79 Å². The Hall–Kier alpha value is -2.53. The molecule has 1 aliphatic carbocycles. The first-order chi connectivity index (χ1) is 12.0. The van der Waals surface area contributed by atoms with Crippen LogP contribution in [0.3, 0.4) is 0 Å². The maximum atomic E-state index is 12.2. The normalized spacial score (nSPS) is 14.5. The second-order valence-electron chi connectivity index (χ2n) is 6.22. The second-order valence-corrected chi connectivity index (χ2v) is 6.66. The predicted octanol–water partition coefficient (Wildman–Crippen LogP) is 4.57. The van der Waals surface area contributed by atoms with Crippen LogP contribution in [0.2, 0.25) is 5.02 Å². The minimum atomic E-state index is -0.321. The number of rotatable bonds is 5. The second kappa shape index (κ2) is 7.57. The van der Waals surface area contributed by atoms with Gasteiger partial charge in [0.15, 0.2) is 0 Å². The molecule has 0 bridgehead atoms. The average molecular weight is 358 g/mol. The van der Waals surface area contributed by atoms with Crippen molar-refractivity contribution >= 4 is 34.9 Å². The Labute approximate surface area is 151 Å². The molecule has 0 aliphatic heterocycles. The zero-order valence-electron chi connectivity index (χ0n) is 13.9. The number of urea groups is 1. The molecule has 0 radical (unpaired) electrons. The van der Waals surface area contributed by atoms with Gasteiger partial charge in [0.2, 0.25) is 5.91 Å². The lowest BCUT2D eigenvalue weighted by Gasteiger charge is -2.16. The molecule has 2 aromatic carbocycles. The summed E-state index contributed by atoms with van der Waals surface area (Å²) in [5.74, 6) is 0.176. The van der Waals surface area contributed by atoms with E-state index < -0.39 is 0 Å². The molecule has 1 atom stereocenters. The molecule has 130 valence electrons. The Morgan fingerprint density at radius 1 is 1.04 bits per heavy atom. The summed E-state index contributed by atoms with van der Waals surface area (Å²) < 4.78 is 0. The van der Waals surface area contributed by atoms with Crippen LogP contribution in [0.4, 0.5) is 16.2 Å². The summed E-state index contributed by atoms with van der Waals surface area (Å²) in [6.07, 6.45) is 1.90. The molecule has 3 amide bonds. The van der Waals surface area contributed by atoms with Gasteiger partial charge in [-0.05, 0) is 55.7 Å². The molecule has 5 nitrogen and oxygen atoms in total. The van der Waals surface area contributed by atoms with Crippen molar-refractivity contribution in [1.29, 1.82) is 0 Å². The predicted molar refractivity (Wildman–Crippen MR) is 99.8 cm³/mol. The summed E-state index contributed by atoms with van der Waals surface area (Å²) in [6, 6.07) is 14.0. The van der Waals surface area contributed by atoms with E-state index >= 15 is 0 Å². The van der Waals surface area contributed by atoms with Gasteiger partial charge in [-0.1, -0.05) is 29.8 Å². The summed E-state index contributed by atoms with van der Waals surface area (Å²) in [6.45, 7) is 1.89. The van der Waals surface area contributed by atoms with Crippen molar-refractivity contribution < 1.29 is 9.59 Å². The van der Waals surface area contributed by atoms with Crippen LogP contribution in [0.5, 0.6) is 0 Å². The topological polar surface area (TPSA) is 70.2 Å². The maximum Gasteiger partial charge on any atom is 0.319 e. The van der Waals surface area contributed by atoms with E-state index in [-0.39, 0.29) is 23.9 Å². The maximum absolute atomic E-state index is 12.2. The molecule has 2 aromatic rings. The number of hydrogen-bond acceptors (Lipinski definition) is 2. The van der Waals surface area contributed by atoms with Crippen molar-refractivity contribution in [2.45, 2.75) is 25.8 Å². The Balaban J connectivity index is 1.57. The van der Waals surface area contributed by atoms with Crippen LogP contribution in [0.25, 0.3) is 0 Å². The van der Waals surface area contributed by atoms with Crippen molar-refractivity contribution in [3.8, 4) is 0 Å². The molecule has 1 fully saturated rings. The first-order valence-corrected chi connectivity index (χ1v) is 8.63. The van der Waals surface area contributed by atoms with Gasteiger partial charge in [0.1, 0.15) is 0 Å². The standard InChI is InChI=1S/C19H20ClN3O2/c1-12(14-4-2-5-15(20)10-14)21-19(25)23-17-7-3-6-16(11-17)22-18(24)13-8-9-13/h2-7,10-13H,8-9H2,1H3,(H,22,24)(H2,21,23,25). The number of benzene rings is 2. The van der Waals surface area contributed by atoms with Gasteiger partial charge in [-0.2, -0.15) is 0 Å². The van der Waals surface area contributed by atoms with Crippen LogP contribution < -0.4 is 16.0 Å². The van der Waals surface area contributed by atoms with E-state index in [4.69, 9.17) is 11.6 Å². The fraction of sp³-hybridized carbons (Fsp3) is 0.263. The highest BCUT2D eigenvalue weighted by atomic mass is 35.5. The minimum Gasteiger partial charge on any atom is -0.331 e. The molecular weight excluding hydrogens is 338 g/mol. The fourth-order valence-electron chi connectivity index (χ4n) is 2.49. The van der Waals surface area contributed by atoms with E-state index in [0.717, 1.165) is 18.4 Å². The zero-order chi connectivity index (χ0) is 17.8. The third kappa shape index (κ3) is 4.97. The number of hydrogen-bond donors (Lipinski definition) is 3. The lowest BCUT2D eigenvalue weighted by molar-refractivity contribution is -0.117. The molecule has 0 spiro atoms. The Bertz CT molecular complexity index is 790. The van der Waals surface area contributed by atoms with Crippen molar-refractivity contribution in [3.05, 3.63) is 59.1 Å². The monoisotopic (exact) mass is 357 g/mol. The fourth-order valence-corrected chi connectivity index (χ4v) is 2.69. The minimum absolute atomic E-state index is 0.0381. The SMILES string of the molecule is CC(NC(=O)Nc1cccc(NC(=O)C2CC2)c1)c1cccc(Cl)c1. The van der Waals surface area contributed by atoms with Gasteiger partial charge in [0, 0.05) is 22.3 Å². The summed E-state index contributed by atoms with van der Waals surface area (Å²) in [5.41, 5.74) is 2.22. The van der Waals surface area contributed by atoms with Crippen LogP contribution in [-0.4, -0.2) is 11.9 Å². The highest BCUT2D eigenvalue weighted by molar-refractivity contribution is 6.30. The number of anilines is 2. The van der Waals surface area contributed by atoms with E-state index in [2.05, 4.69) is 16.0 Å². The van der Waals surface area contributed by atoms with Gasteiger partial charge in [-0.15, -0.1) is 0 Å². The molecule has 1 saturated carbocycles. The quantitative estimate of drug-likeness (QED) is 0.733. The molecule has 6 heteroatoms. The lowest BCUT2D eigenvalue weighted by Crippen LogP contribution is -2.31. The van der Waals surface area contributed by atoms with E-state index in [0.29, 0.717) is 16.4 Å². The van der Waals surface area contributed by atoms with Crippen LogP contribution in [0, 0.1) is 5.92 Å². The molecule has 1 aliphatic rings. The summed E-state index contributed by atoms with van der Waals surface area (Å²) in [5, 5.41) is 9.14. The molecular formula is C19H20ClN3O2. The van der Waals surface area contributed by atoms with Gasteiger partial charge in [0.25, 0.3) is 0 Å². The van der Waals surface area contributed by atoms with E-state index in [1.54, 1.807) is 30.3 Å². The van der Waals surface area contributed by atoms with Gasteiger partial charge in [-0.25, -0.2) is 4.79 Å². The van der Waals surface area contributed by atoms with E-state index in [1.165, 1.54) is 0 Å². The molecule has 0 aromatic heterocycles. The molecule has 3 rings (SSSR count). The van der Waals surface area contributed by atoms with Crippen molar-refractivity contribution in [2.24, 2.45) is 5.92 Å². The van der Waals surface area contributed by atoms with E-state index in [1.807, 2.05) is 25.1 Å². The van der Waals surface area contributed by atoms with Crippen LogP contribution in [0.1, 0.15) is 31.4 Å². The van der Waals surface area contributed by atoms with Crippen LogP contribution in [0.15, 0.2) is 48.5 Å². The summed E-state index contributed by atoms with van der Waals surface area (Å²) in [7, 11) is 0. The number of nitrogens with one attached hydrogen (secondary N) is 3. The number of carbonyl (C=O) groups excluding carboxylic acids is 2. The zero-order valence-corrected chi connectivity index (χ0v) is 14.6. The average Bonchev–Trinajstić information content (AvgIpc) is 3.40. The first kappa shape index (κ1) is 17.3. The third-order valence-corrected chi connectivity index (χ3v) is 4.27. The molecule has 0 heterocycles. The number of carbonyl (C=O) groups is 2. The molecule has 1 unspecified atom stereocenters. The van der Waals surface area contributed by atoms with Crippen LogP contribution >= 0.6 is 11.6 Å². The van der Waals surface area contributed by atoms with Crippen molar-refractivity contribution in [2.75, 3.05) is 10.6 Å². The summed E-state index contributed by atoms with van der Waals surface area (Å²) in [4.78, 5) is 24.0. The van der Waals surface area contributed by atoms with Gasteiger partial charge in [0.05, 0.1) is 6.04 Å². The number of halogens is 1. The Morgan fingerprint density at radius 3 is 2.40 bits per heavy atom. The number of amides is 3.